The molecule has 1 N–H and O–H groups in total. The first kappa shape index (κ1) is 22.0. The summed E-state index contributed by atoms with van der Waals surface area (Å²) in [6.45, 7) is 18.1. The van der Waals surface area contributed by atoms with Crippen molar-refractivity contribution in [3.8, 4) is 11.5 Å². The van der Waals surface area contributed by atoms with Crippen LogP contribution in [0.1, 0.15) is 81.8 Å². The number of aryl methyl sites for hydroxylation is 2. The van der Waals surface area contributed by atoms with Crippen LogP contribution < -0.4 is 4.74 Å². The second kappa shape index (κ2) is 7.62. The summed E-state index contributed by atoms with van der Waals surface area (Å²) in [6.07, 6.45) is 0.504. The maximum absolute atomic E-state index is 11.8. The second-order valence-electron chi connectivity index (χ2n) is 9.89. The van der Waals surface area contributed by atoms with Crippen molar-refractivity contribution in [2.24, 2.45) is 0 Å². The van der Waals surface area contributed by atoms with Crippen LogP contribution in [-0.4, -0.2) is 11.1 Å². The van der Waals surface area contributed by atoms with Gasteiger partial charge in [0.2, 0.25) is 0 Å². The molecule has 0 aliphatic rings. The lowest BCUT2D eigenvalue weighted by Gasteiger charge is -2.26. The van der Waals surface area contributed by atoms with E-state index in [1.807, 2.05) is 32.0 Å². The van der Waals surface area contributed by atoms with Gasteiger partial charge in [0.1, 0.15) is 11.5 Å². The Morgan fingerprint density at radius 2 is 1.32 bits per heavy atom. The lowest BCUT2D eigenvalue weighted by molar-refractivity contribution is -0.132. The van der Waals surface area contributed by atoms with Crippen molar-refractivity contribution in [2.75, 3.05) is 0 Å². The van der Waals surface area contributed by atoms with Gasteiger partial charge in [0.25, 0.3) is 0 Å². The summed E-state index contributed by atoms with van der Waals surface area (Å²) in [5, 5.41) is 11.0. The number of aromatic hydroxyl groups is 1. The summed E-state index contributed by atoms with van der Waals surface area (Å²) in [4.78, 5) is 11.8. The molecule has 2 aromatic rings. The van der Waals surface area contributed by atoms with Crippen LogP contribution in [0.4, 0.5) is 0 Å². The Morgan fingerprint density at radius 3 is 1.79 bits per heavy atom. The average Bonchev–Trinajstić information content (AvgIpc) is 2.50. The third kappa shape index (κ3) is 4.95. The van der Waals surface area contributed by atoms with Gasteiger partial charge in [-0.3, -0.25) is 4.79 Å². The van der Waals surface area contributed by atoms with Gasteiger partial charge in [0.15, 0.2) is 0 Å². The zero-order valence-electron chi connectivity index (χ0n) is 18.8. The van der Waals surface area contributed by atoms with E-state index >= 15 is 0 Å². The maximum atomic E-state index is 11.8. The molecule has 3 nitrogen and oxygen atoms in total. The van der Waals surface area contributed by atoms with Gasteiger partial charge < -0.3 is 9.84 Å². The molecule has 0 spiro atoms. The SMILES string of the molecule is CC(=O)Oc1c(Cc2cc(C)cc(C(C)(C)C)c2O)cc(C)cc1C(C)(C)C. The van der Waals surface area contributed by atoms with Crippen LogP contribution in [0.2, 0.25) is 0 Å². The van der Waals surface area contributed by atoms with Crippen LogP contribution in [0.25, 0.3) is 0 Å². The minimum atomic E-state index is -0.334. The largest absolute Gasteiger partial charge is 0.507 e. The van der Waals surface area contributed by atoms with Crippen molar-refractivity contribution in [3.05, 3.63) is 57.6 Å². The zero-order chi connectivity index (χ0) is 21.4. The highest BCUT2D eigenvalue weighted by atomic mass is 16.5. The first-order chi connectivity index (χ1) is 12.7. The number of phenolic OH excluding ortho intramolecular Hbond substituents is 1. The molecule has 0 unspecified atom stereocenters. The van der Waals surface area contributed by atoms with E-state index in [1.165, 1.54) is 6.92 Å². The topological polar surface area (TPSA) is 46.5 Å². The molecular formula is C25H34O3. The molecule has 0 amide bonds. The number of benzene rings is 2. The fraction of sp³-hybridized carbons (Fsp3) is 0.480. The van der Waals surface area contributed by atoms with E-state index in [0.29, 0.717) is 17.9 Å². The first-order valence-corrected chi connectivity index (χ1v) is 9.85. The summed E-state index contributed by atoms with van der Waals surface area (Å²) in [6, 6.07) is 8.19. The van der Waals surface area contributed by atoms with E-state index in [2.05, 4.69) is 47.6 Å². The Hall–Kier alpha value is -2.29. The Morgan fingerprint density at radius 1 is 0.857 bits per heavy atom. The zero-order valence-corrected chi connectivity index (χ0v) is 18.8. The maximum Gasteiger partial charge on any atom is 0.308 e. The molecule has 0 atom stereocenters. The minimum absolute atomic E-state index is 0.160. The fourth-order valence-electron chi connectivity index (χ4n) is 3.57. The molecule has 2 rings (SSSR count). The standard InChI is InChI=1S/C25H34O3/c1-15-10-18(22(27)20(12-15)24(4,5)6)14-19-11-16(2)13-21(25(7,8)9)23(19)28-17(3)26/h10-13,27H,14H2,1-9H3. The van der Waals surface area contributed by atoms with Crippen molar-refractivity contribution in [1.29, 1.82) is 0 Å². The molecule has 0 heterocycles. The Kier molecular flexibility index (Phi) is 5.98. The number of hydrogen-bond acceptors (Lipinski definition) is 3. The number of carbonyl (C=O) groups is 1. The number of rotatable bonds is 3. The Balaban J connectivity index is 2.69. The van der Waals surface area contributed by atoms with E-state index in [0.717, 1.165) is 33.4 Å². The van der Waals surface area contributed by atoms with Crippen molar-refractivity contribution in [1.82, 2.24) is 0 Å². The predicted molar refractivity (Wildman–Crippen MR) is 116 cm³/mol. The fourth-order valence-corrected chi connectivity index (χ4v) is 3.57. The van der Waals surface area contributed by atoms with Gasteiger partial charge in [0, 0.05) is 18.9 Å². The number of esters is 1. The summed E-state index contributed by atoms with van der Waals surface area (Å²) >= 11 is 0. The molecular weight excluding hydrogens is 348 g/mol. The lowest BCUT2D eigenvalue weighted by Crippen LogP contribution is -2.17. The van der Waals surface area contributed by atoms with Crippen LogP contribution in [0, 0.1) is 13.8 Å². The monoisotopic (exact) mass is 382 g/mol. The number of phenols is 1. The van der Waals surface area contributed by atoms with Crippen molar-refractivity contribution in [3.63, 3.8) is 0 Å². The molecule has 0 saturated heterocycles. The Bertz CT molecular complexity index is 893. The molecule has 0 bridgehead atoms. The number of hydrogen-bond donors (Lipinski definition) is 1. The molecule has 0 radical (unpaired) electrons. The van der Waals surface area contributed by atoms with Crippen LogP contribution >= 0.6 is 0 Å². The second-order valence-corrected chi connectivity index (χ2v) is 9.89. The van der Waals surface area contributed by atoms with Gasteiger partial charge in [-0.1, -0.05) is 76.9 Å². The highest BCUT2D eigenvalue weighted by molar-refractivity contribution is 5.71. The summed E-state index contributed by atoms with van der Waals surface area (Å²) in [5.41, 5.74) is 5.59. The van der Waals surface area contributed by atoms with E-state index < -0.39 is 0 Å². The molecule has 0 aliphatic carbocycles. The Labute approximate surface area is 169 Å². The molecule has 0 aromatic heterocycles. The third-order valence-corrected chi connectivity index (χ3v) is 4.89. The highest BCUT2D eigenvalue weighted by Crippen LogP contribution is 2.40. The molecule has 0 aliphatic heterocycles. The average molecular weight is 383 g/mol. The molecule has 2 aromatic carbocycles. The predicted octanol–water partition coefficient (Wildman–Crippen LogP) is 6.12. The quantitative estimate of drug-likeness (QED) is 0.514. The molecule has 28 heavy (non-hydrogen) atoms. The molecule has 0 saturated carbocycles. The van der Waals surface area contributed by atoms with E-state index in [1.54, 1.807) is 0 Å². The summed E-state index contributed by atoms with van der Waals surface area (Å²) in [5.74, 6) is 0.606. The smallest absolute Gasteiger partial charge is 0.308 e. The number of ether oxygens (including phenoxy) is 1. The summed E-state index contributed by atoms with van der Waals surface area (Å²) in [7, 11) is 0. The van der Waals surface area contributed by atoms with Crippen LogP contribution in [0.3, 0.4) is 0 Å². The van der Waals surface area contributed by atoms with E-state index in [9.17, 15) is 9.90 Å². The first-order valence-electron chi connectivity index (χ1n) is 9.85. The lowest BCUT2D eigenvalue weighted by atomic mass is 9.81. The highest BCUT2D eigenvalue weighted by Gasteiger charge is 2.25. The normalized spacial score (nSPS) is 12.2. The molecule has 3 heteroatoms. The summed E-state index contributed by atoms with van der Waals surface area (Å²) < 4.78 is 5.68. The van der Waals surface area contributed by atoms with Crippen molar-refractivity contribution >= 4 is 5.97 Å². The minimum Gasteiger partial charge on any atom is -0.507 e. The van der Waals surface area contributed by atoms with E-state index in [-0.39, 0.29) is 16.8 Å². The third-order valence-electron chi connectivity index (χ3n) is 4.89. The van der Waals surface area contributed by atoms with Gasteiger partial charge in [-0.15, -0.1) is 0 Å². The van der Waals surface area contributed by atoms with Crippen molar-refractivity contribution < 1.29 is 14.6 Å². The van der Waals surface area contributed by atoms with Gasteiger partial charge >= 0.3 is 5.97 Å². The van der Waals surface area contributed by atoms with Crippen LogP contribution in [0.15, 0.2) is 24.3 Å². The van der Waals surface area contributed by atoms with Gasteiger partial charge in [-0.05, 0) is 41.4 Å². The van der Waals surface area contributed by atoms with Crippen molar-refractivity contribution in [2.45, 2.75) is 79.6 Å². The van der Waals surface area contributed by atoms with Gasteiger partial charge in [-0.2, -0.15) is 0 Å². The van der Waals surface area contributed by atoms with Gasteiger partial charge in [-0.25, -0.2) is 0 Å². The molecule has 152 valence electrons. The van der Waals surface area contributed by atoms with E-state index in [4.69, 9.17) is 4.74 Å². The molecule has 0 fully saturated rings. The van der Waals surface area contributed by atoms with Gasteiger partial charge in [0.05, 0.1) is 0 Å². The van der Waals surface area contributed by atoms with Crippen LogP contribution in [0.5, 0.6) is 11.5 Å². The number of carbonyl (C=O) groups excluding carboxylic acids is 1. The van der Waals surface area contributed by atoms with Crippen LogP contribution in [-0.2, 0) is 22.0 Å².